The molecule has 0 radical (unpaired) electrons. The van der Waals surface area contributed by atoms with Gasteiger partial charge in [0.15, 0.2) is 5.84 Å². The minimum absolute atomic E-state index is 0.0788. The van der Waals surface area contributed by atoms with Gasteiger partial charge in [0.2, 0.25) is 0 Å². The Kier molecular flexibility index (Phi) is 4.76. The van der Waals surface area contributed by atoms with Crippen LogP contribution in [-0.2, 0) is 6.54 Å². The van der Waals surface area contributed by atoms with Crippen molar-refractivity contribution in [3.63, 3.8) is 0 Å². The summed E-state index contributed by atoms with van der Waals surface area (Å²) in [6.07, 6.45) is 0.0788. The number of hydrazone groups is 1. The van der Waals surface area contributed by atoms with Crippen LogP contribution in [0.1, 0.15) is 22.9 Å². The van der Waals surface area contributed by atoms with Crippen molar-refractivity contribution in [2.75, 3.05) is 7.05 Å². The average molecular weight is 406 g/mol. The van der Waals surface area contributed by atoms with Crippen LogP contribution in [0.5, 0.6) is 0 Å². The van der Waals surface area contributed by atoms with Gasteiger partial charge in [-0.2, -0.15) is 5.10 Å². The summed E-state index contributed by atoms with van der Waals surface area (Å²) >= 11 is 3.51. The number of halogens is 1. The van der Waals surface area contributed by atoms with Gasteiger partial charge < -0.3 is 4.90 Å². The van der Waals surface area contributed by atoms with E-state index < -0.39 is 0 Å². The molecule has 0 saturated heterocycles. The highest BCUT2D eigenvalue weighted by Gasteiger charge is 2.33. The zero-order chi connectivity index (χ0) is 17.9. The van der Waals surface area contributed by atoms with E-state index >= 15 is 0 Å². The molecule has 1 unspecified atom stereocenters. The molecule has 130 valence electrons. The maximum Gasteiger partial charge on any atom is 0.157 e. The normalized spacial score (nSPS) is 16.7. The summed E-state index contributed by atoms with van der Waals surface area (Å²) in [5, 5.41) is 7.15. The summed E-state index contributed by atoms with van der Waals surface area (Å²) < 4.78 is 1.09. The molecule has 0 saturated carbocycles. The molecule has 3 nitrogen and oxygen atoms in total. The maximum absolute atomic E-state index is 4.98. The molecule has 0 bridgehead atoms. The number of hydrogen-bond donors (Lipinski definition) is 0. The van der Waals surface area contributed by atoms with Gasteiger partial charge in [-0.3, -0.25) is 5.01 Å². The van der Waals surface area contributed by atoms with Gasteiger partial charge in [-0.15, -0.1) is 0 Å². The number of amidine groups is 1. The summed E-state index contributed by atoms with van der Waals surface area (Å²) in [5.41, 5.74) is 3.61. The van der Waals surface area contributed by atoms with Crippen molar-refractivity contribution in [1.29, 1.82) is 0 Å². The standard InChI is InChI=1S/C22H20BrN3/c1-25-21(18-8-4-2-5-9-18)24-26(16-17-12-14-20(23)15-13-17)22(25)19-10-6-3-7-11-19/h2-15,22H,16H2,1H3. The predicted octanol–water partition coefficient (Wildman–Crippen LogP) is 5.26. The van der Waals surface area contributed by atoms with Crippen LogP contribution in [0.25, 0.3) is 0 Å². The molecular weight excluding hydrogens is 386 g/mol. The number of benzene rings is 3. The van der Waals surface area contributed by atoms with E-state index in [2.05, 4.69) is 112 Å². The Labute approximate surface area is 162 Å². The molecule has 1 heterocycles. The first-order valence-electron chi connectivity index (χ1n) is 8.65. The lowest BCUT2D eigenvalue weighted by Gasteiger charge is -2.29. The van der Waals surface area contributed by atoms with Crippen molar-refractivity contribution in [3.8, 4) is 0 Å². The predicted molar refractivity (Wildman–Crippen MR) is 110 cm³/mol. The van der Waals surface area contributed by atoms with E-state index in [0.717, 1.165) is 22.4 Å². The molecule has 1 aliphatic heterocycles. The Morgan fingerprint density at radius 1 is 0.846 bits per heavy atom. The highest BCUT2D eigenvalue weighted by Crippen LogP contribution is 2.33. The fourth-order valence-corrected chi connectivity index (χ4v) is 3.60. The molecule has 0 aromatic heterocycles. The molecule has 0 aliphatic carbocycles. The second kappa shape index (κ2) is 7.34. The fraction of sp³-hybridized carbons (Fsp3) is 0.136. The fourth-order valence-electron chi connectivity index (χ4n) is 3.33. The zero-order valence-electron chi connectivity index (χ0n) is 14.6. The maximum atomic E-state index is 4.98. The van der Waals surface area contributed by atoms with Crippen LogP contribution in [0.4, 0.5) is 0 Å². The summed E-state index contributed by atoms with van der Waals surface area (Å²) in [4.78, 5) is 2.25. The minimum atomic E-state index is 0.0788. The molecule has 26 heavy (non-hydrogen) atoms. The van der Waals surface area contributed by atoms with Gasteiger partial charge in [-0.1, -0.05) is 88.7 Å². The van der Waals surface area contributed by atoms with Gasteiger partial charge in [0.25, 0.3) is 0 Å². The molecule has 0 fully saturated rings. The molecule has 1 aliphatic rings. The van der Waals surface area contributed by atoms with Crippen LogP contribution in [0.3, 0.4) is 0 Å². The van der Waals surface area contributed by atoms with Crippen molar-refractivity contribution in [2.45, 2.75) is 12.7 Å². The first-order chi connectivity index (χ1) is 12.7. The molecule has 0 spiro atoms. The lowest BCUT2D eigenvalue weighted by atomic mass is 10.1. The van der Waals surface area contributed by atoms with Crippen molar-refractivity contribution in [3.05, 3.63) is 106 Å². The molecule has 4 rings (SSSR count). The zero-order valence-corrected chi connectivity index (χ0v) is 16.2. The molecule has 0 N–H and O–H groups in total. The third-order valence-corrected chi connectivity index (χ3v) is 5.12. The number of rotatable bonds is 4. The molecule has 0 amide bonds. The lowest BCUT2D eigenvalue weighted by molar-refractivity contribution is 0.139. The Hall–Kier alpha value is -2.59. The van der Waals surface area contributed by atoms with E-state index in [0.29, 0.717) is 0 Å². The summed E-state index contributed by atoms with van der Waals surface area (Å²) in [6.45, 7) is 0.757. The Bertz CT molecular complexity index is 892. The number of nitrogens with zero attached hydrogens (tertiary/aromatic N) is 3. The third-order valence-electron chi connectivity index (χ3n) is 4.59. The monoisotopic (exact) mass is 405 g/mol. The van der Waals surface area contributed by atoms with Gasteiger partial charge in [0, 0.05) is 17.1 Å². The van der Waals surface area contributed by atoms with Crippen LogP contribution in [-0.4, -0.2) is 22.8 Å². The van der Waals surface area contributed by atoms with E-state index in [1.54, 1.807) is 0 Å². The molecule has 3 aromatic rings. The second-order valence-corrected chi connectivity index (χ2v) is 7.32. The molecule has 1 atom stereocenters. The quantitative estimate of drug-likeness (QED) is 0.589. The van der Waals surface area contributed by atoms with E-state index in [1.165, 1.54) is 11.1 Å². The third kappa shape index (κ3) is 3.37. The molecular formula is C22H20BrN3. The Balaban J connectivity index is 1.70. The van der Waals surface area contributed by atoms with Crippen LogP contribution < -0.4 is 0 Å². The first kappa shape index (κ1) is 16.9. The largest absolute Gasteiger partial charge is 0.332 e. The van der Waals surface area contributed by atoms with Gasteiger partial charge in [0.05, 0.1) is 6.54 Å². The second-order valence-electron chi connectivity index (χ2n) is 6.41. The van der Waals surface area contributed by atoms with Crippen LogP contribution in [0.15, 0.2) is 94.5 Å². The summed E-state index contributed by atoms with van der Waals surface area (Å²) in [7, 11) is 2.12. The summed E-state index contributed by atoms with van der Waals surface area (Å²) in [6, 6.07) is 29.4. The highest BCUT2D eigenvalue weighted by molar-refractivity contribution is 9.10. The Morgan fingerprint density at radius 2 is 1.46 bits per heavy atom. The lowest BCUT2D eigenvalue weighted by Crippen LogP contribution is -2.32. The topological polar surface area (TPSA) is 18.8 Å². The number of hydrogen-bond acceptors (Lipinski definition) is 3. The van der Waals surface area contributed by atoms with Gasteiger partial charge >= 0.3 is 0 Å². The van der Waals surface area contributed by atoms with Crippen molar-refractivity contribution >= 4 is 21.8 Å². The van der Waals surface area contributed by atoms with Gasteiger partial charge in [0.1, 0.15) is 6.17 Å². The molecule has 3 aromatic carbocycles. The first-order valence-corrected chi connectivity index (χ1v) is 9.44. The van der Waals surface area contributed by atoms with Gasteiger partial charge in [-0.25, -0.2) is 0 Å². The van der Waals surface area contributed by atoms with E-state index in [-0.39, 0.29) is 6.17 Å². The SMILES string of the molecule is CN1C(c2ccccc2)=NN(Cc2ccc(Br)cc2)C1c1ccccc1. The van der Waals surface area contributed by atoms with E-state index in [9.17, 15) is 0 Å². The van der Waals surface area contributed by atoms with Gasteiger partial charge in [-0.05, 0) is 23.3 Å². The molecule has 4 heteroatoms. The minimum Gasteiger partial charge on any atom is -0.332 e. The van der Waals surface area contributed by atoms with Crippen molar-refractivity contribution in [2.24, 2.45) is 5.10 Å². The van der Waals surface area contributed by atoms with E-state index in [1.807, 2.05) is 6.07 Å². The van der Waals surface area contributed by atoms with Crippen molar-refractivity contribution in [1.82, 2.24) is 9.91 Å². The van der Waals surface area contributed by atoms with Crippen LogP contribution in [0.2, 0.25) is 0 Å². The van der Waals surface area contributed by atoms with E-state index in [4.69, 9.17) is 5.10 Å². The smallest absolute Gasteiger partial charge is 0.157 e. The Morgan fingerprint density at radius 3 is 2.12 bits per heavy atom. The van der Waals surface area contributed by atoms with Crippen LogP contribution >= 0.6 is 15.9 Å². The highest BCUT2D eigenvalue weighted by atomic mass is 79.9. The summed E-state index contributed by atoms with van der Waals surface area (Å²) in [5.74, 6) is 0.997. The van der Waals surface area contributed by atoms with Crippen molar-refractivity contribution < 1.29 is 0 Å². The average Bonchev–Trinajstić information content (AvgIpc) is 3.01. The van der Waals surface area contributed by atoms with Crippen LogP contribution in [0, 0.1) is 0 Å².